The highest BCUT2D eigenvalue weighted by molar-refractivity contribution is 7.88. The lowest BCUT2D eigenvalue weighted by molar-refractivity contribution is 0.427. The Morgan fingerprint density at radius 2 is 1.71 bits per heavy atom. The smallest absolute Gasteiger partial charge is 0.208 e. The van der Waals surface area contributed by atoms with E-state index < -0.39 is 10.0 Å². The van der Waals surface area contributed by atoms with Crippen molar-refractivity contribution in [3.63, 3.8) is 0 Å². The average molecular weight is 219 g/mol. The molecular formula is C10H21NO2S. The van der Waals surface area contributed by atoms with E-state index in [-0.39, 0.29) is 0 Å². The highest BCUT2D eigenvalue weighted by Crippen LogP contribution is 2.24. The van der Waals surface area contributed by atoms with Gasteiger partial charge in [0.2, 0.25) is 10.0 Å². The molecule has 0 bridgehead atoms. The Balaban J connectivity index is 2.16. The van der Waals surface area contributed by atoms with Crippen LogP contribution in [0.15, 0.2) is 0 Å². The Bertz CT molecular complexity index is 241. The van der Waals surface area contributed by atoms with Gasteiger partial charge < -0.3 is 0 Å². The van der Waals surface area contributed by atoms with E-state index in [0.29, 0.717) is 6.54 Å². The quantitative estimate of drug-likeness (QED) is 0.734. The number of nitrogens with one attached hydrogen (secondary N) is 1. The molecular weight excluding hydrogens is 198 g/mol. The highest BCUT2D eigenvalue weighted by atomic mass is 32.2. The minimum atomic E-state index is -2.98. The topological polar surface area (TPSA) is 46.2 Å². The van der Waals surface area contributed by atoms with Crippen LogP contribution in [0.5, 0.6) is 0 Å². The SMILES string of the molecule is CS(=O)(=O)NCCC1CCCCCC1. The Hall–Kier alpha value is -0.0900. The van der Waals surface area contributed by atoms with Crippen LogP contribution in [-0.2, 0) is 10.0 Å². The molecule has 0 spiro atoms. The molecule has 4 heteroatoms. The summed E-state index contributed by atoms with van der Waals surface area (Å²) in [7, 11) is -2.98. The number of rotatable bonds is 4. The average Bonchev–Trinajstić information content (AvgIpc) is 2.30. The Kier molecular flexibility index (Phi) is 4.89. The van der Waals surface area contributed by atoms with Gasteiger partial charge in [0.15, 0.2) is 0 Å². The Morgan fingerprint density at radius 3 is 2.21 bits per heavy atom. The molecule has 14 heavy (non-hydrogen) atoms. The van der Waals surface area contributed by atoms with Crippen molar-refractivity contribution < 1.29 is 8.42 Å². The van der Waals surface area contributed by atoms with Gasteiger partial charge in [0, 0.05) is 6.54 Å². The zero-order valence-electron chi connectivity index (χ0n) is 8.96. The summed E-state index contributed by atoms with van der Waals surface area (Å²) in [5.74, 6) is 0.742. The van der Waals surface area contributed by atoms with E-state index in [1.165, 1.54) is 44.8 Å². The van der Waals surface area contributed by atoms with Crippen molar-refractivity contribution in [2.75, 3.05) is 12.8 Å². The van der Waals surface area contributed by atoms with Gasteiger partial charge in [-0.1, -0.05) is 38.5 Å². The number of sulfonamides is 1. The standard InChI is InChI=1S/C10H21NO2S/c1-14(12,13)11-9-8-10-6-4-2-3-5-7-10/h10-11H,2-9H2,1H3. The van der Waals surface area contributed by atoms with Crippen molar-refractivity contribution in [2.24, 2.45) is 5.92 Å². The highest BCUT2D eigenvalue weighted by Gasteiger charge is 2.12. The second-order valence-electron chi connectivity index (χ2n) is 4.31. The second kappa shape index (κ2) is 5.71. The summed E-state index contributed by atoms with van der Waals surface area (Å²) in [6, 6.07) is 0. The van der Waals surface area contributed by atoms with E-state index in [9.17, 15) is 8.42 Å². The van der Waals surface area contributed by atoms with Crippen LogP contribution in [0, 0.1) is 5.92 Å². The Labute approximate surface area is 87.3 Å². The van der Waals surface area contributed by atoms with E-state index >= 15 is 0 Å². The molecule has 3 nitrogen and oxygen atoms in total. The molecule has 1 aliphatic carbocycles. The molecule has 0 unspecified atom stereocenters. The number of hydrogen-bond acceptors (Lipinski definition) is 2. The predicted molar refractivity (Wildman–Crippen MR) is 58.7 cm³/mol. The first-order chi connectivity index (χ1) is 6.58. The van der Waals surface area contributed by atoms with Crippen LogP contribution in [0.3, 0.4) is 0 Å². The molecule has 0 amide bonds. The first-order valence-corrected chi connectivity index (χ1v) is 7.42. The maximum absolute atomic E-state index is 10.8. The fraction of sp³-hybridized carbons (Fsp3) is 1.00. The molecule has 1 N–H and O–H groups in total. The predicted octanol–water partition coefficient (Wildman–Crippen LogP) is 1.90. The maximum Gasteiger partial charge on any atom is 0.208 e. The molecule has 1 fully saturated rings. The fourth-order valence-electron chi connectivity index (χ4n) is 2.10. The summed E-state index contributed by atoms with van der Waals surface area (Å²) in [5, 5.41) is 0. The summed E-state index contributed by atoms with van der Waals surface area (Å²) in [4.78, 5) is 0. The van der Waals surface area contributed by atoms with Crippen LogP contribution < -0.4 is 4.72 Å². The molecule has 0 aromatic carbocycles. The summed E-state index contributed by atoms with van der Waals surface area (Å²) in [5.41, 5.74) is 0. The van der Waals surface area contributed by atoms with Gasteiger partial charge in [-0.25, -0.2) is 13.1 Å². The van der Waals surface area contributed by atoms with E-state index in [4.69, 9.17) is 0 Å². The molecule has 1 rings (SSSR count). The van der Waals surface area contributed by atoms with Crippen LogP contribution in [0.2, 0.25) is 0 Å². The minimum absolute atomic E-state index is 0.615. The monoisotopic (exact) mass is 219 g/mol. The van der Waals surface area contributed by atoms with Gasteiger partial charge in [0.25, 0.3) is 0 Å². The van der Waals surface area contributed by atoms with Gasteiger partial charge in [-0.05, 0) is 12.3 Å². The minimum Gasteiger partial charge on any atom is -0.215 e. The first kappa shape index (κ1) is 12.0. The zero-order chi connectivity index (χ0) is 10.4. The molecule has 0 aliphatic heterocycles. The lowest BCUT2D eigenvalue weighted by Crippen LogP contribution is -2.24. The van der Waals surface area contributed by atoms with Crippen LogP contribution in [0.25, 0.3) is 0 Å². The normalized spacial score (nSPS) is 20.6. The molecule has 1 saturated carbocycles. The van der Waals surface area contributed by atoms with E-state index in [0.717, 1.165) is 12.3 Å². The van der Waals surface area contributed by atoms with E-state index in [1.807, 2.05) is 0 Å². The lowest BCUT2D eigenvalue weighted by Gasteiger charge is -2.13. The van der Waals surface area contributed by atoms with Crippen molar-refractivity contribution in [1.29, 1.82) is 0 Å². The van der Waals surface area contributed by atoms with Gasteiger partial charge in [-0.15, -0.1) is 0 Å². The summed E-state index contributed by atoms with van der Waals surface area (Å²) in [6.45, 7) is 0.615. The third-order valence-corrected chi connectivity index (χ3v) is 3.62. The summed E-state index contributed by atoms with van der Waals surface area (Å²) < 4.78 is 24.2. The van der Waals surface area contributed by atoms with Crippen molar-refractivity contribution >= 4 is 10.0 Å². The summed E-state index contributed by atoms with van der Waals surface area (Å²) in [6.07, 6.45) is 10.2. The van der Waals surface area contributed by atoms with Gasteiger partial charge in [0.1, 0.15) is 0 Å². The lowest BCUT2D eigenvalue weighted by atomic mass is 9.97. The third kappa shape index (κ3) is 5.60. The van der Waals surface area contributed by atoms with Crippen molar-refractivity contribution in [3.05, 3.63) is 0 Å². The molecule has 0 atom stereocenters. The van der Waals surface area contributed by atoms with Crippen LogP contribution in [0.1, 0.15) is 44.9 Å². The second-order valence-corrected chi connectivity index (χ2v) is 6.15. The van der Waals surface area contributed by atoms with Gasteiger partial charge in [-0.3, -0.25) is 0 Å². The summed E-state index contributed by atoms with van der Waals surface area (Å²) >= 11 is 0. The van der Waals surface area contributed by atoms with E-state index in [2.05, 4.69) is 4.72 Å². The van der Waals surface area contributed by atoms with Gasteiger partial charge in [-0.2, -0.15) is 0 Å². The largest absolute Gasteiger partial charge is 0.215 e. The maximum atomic E-state index is 10.8. The van der Waals surface area contributed by atoms with Crippen molar-refractivity contribution in [3.8, 4) is 0 Å². The zero-order valence-corrected chi connectivity index (χ0v) is 9.78. The molecule has 0 aromatic rings. The molecule has 0 saturated heterocycles. The van der Waals surface area contributed by atoms with Crippen LogP contribution >= 0.6 is 0 Å². The van der Waals surface area contributed by atoms with Crippen molar-refractivity contribution in [2.45, 2.75) is 44.9 Å². The van der Waals surface area contributed by atoms with Gasteiger partial charge in [0.05, 0.1) is 6.26 Å². The first-order valence-electron chi connectivity index (χ1n) is 5.52. The fourth-order valence-corrected chi connectivity index (χ4v) is 2.59. The number of hydrogen-bond donors (Lipinski definition) is 1. The van der Waals surface area contributed by atoms with Crippen LogP contribution in [-0.4, -0.2) is 21.2 Å². The van der Waals surface area contributed by atoms with Crippen LogP contribution in [0.4, 0.5) is 0 Å². The Morgan fingerprint density at radius 1 is 1.14 bits per heavy atom. The third-order valence-electron chi connectivity index (χ3n) is 2.89. The molecule has 0 heterocycles. The molecule has 0 radical (unpaired) electrons. The van der Waals surface area contributed by atoms with Gasteiger partial charge >= 0.3 is 0 Å². The van der Waals surface area contributed by atoms with Crippen molar-refractivity contribution in [1.82, 2.24) is 4.72 Å². The molecule has 1 aliphatic rings. The molecule has 84 valence electrons. The van der Waals surface area contributed by atoms with E-state index in [1.54, 1.807) is 0 Å². The molecule has 0 aromatic heterocycles.